The summed E-state index contributed by atoms with van der Waals surface area (Å²) in [5.74, 6) is 0.0305. The molecule has 0 spiro atoms. The summed E-state index contributed by atoms with van der Waals surface area (Å²) in [4.78, 5) is 30.9. The van der Waals surface area contributed by atoms with Gasteiger partial charge in [-0.05, 0) is 43.2 Å². The minimum Gasteiger partial charge on any atom is -0.496 e. The van der Waals surface area contributed by atoms with Crippen LogP contribution in [0.1, 0.15) is 23.2 Å². The van der Waals surface area contributed by atoms with Crippen molar-refractivity contribution in [2.75, 3.05) is 25.5 Å². The number of ether oxygens (including phenoxy) is 1. The number of rotatable bonds is 4. The van der Waals surface area contributed by atoms with Crippen molar-refractivity contribution in [1.29, 1.82) is 0 Å². The van der Waals surface area contributed by atoms with E-state index in [4.69, 9.17) is 27.9 Å². The van der Waals surface area contributed by atoms with Crippen molar-refractivity contribution in [1.82, 2.24) is 9.88 Å². The lowest BCUT2D eigenvalue weighted by Crippen LogP contribution is -2.41. The van der Waals surface area contributed by atoms with Gasteiger partial charge in [-0.3, -0.25) is 9.59 Å². The number of benzene rings is 1. The molecule has 1 aliphatic heterocycles. The van der Waals surface area contributed by atoms with E-state index in [0.29, 0.717) is 48.0 Å². The number of halogens is 2. The number of hydrogen-bond donors (Lipinski definition) is 1. The second kappa shape index (κ2) is 8.59. The van der Waals surface area contributed by atoms with E-state index in [0.717, 1.165) is 0 Å². The first-order valence-electron chi connectivity index (χ1n) is 8.54. The van der Waals surface area contributed by atoms with Gasteiger partial charge in [0.15, 0.2) is 5.15 Å². The van der Waals surface area contributed by atoms with Crippen molar-refractivity contribution in [3.05, 3.63) is 52.3 Å². The van der Waals surface area contributed by atoms with E-state index in [1.54, 1.807) is 41.4 Å². The number of anilines is 1. The highest BCUT2D eigenvalue weighted by molar-refractivity contribution is 6.32. The van der Waals surface area contributed by atoms with Gasteiger partial charge >= 0.3 is 0 Å². The number of likely N-dealkylation sites (tertiary alicyclic amines) is 1. The molecule has 0 aliphatic carbocycles. The van der Waals surface area contributed by atoms with Crippen LogP contribution in [-0.2, 0) is 4.79 Å². The third kappa shape index (κ3) is 4.51. The van der Waals surface area contributed by atoms with Crippen LogP contribution < -0.4 is 10.1 Å². The Labute approximate surface area is 167 Å². The summed E-state index contributed by atoms with van der Waals surface area (Å²) in [6.07, 6.45) is 2.70. The van der Waals surface area contributed by atoms with Crippen LogP contribution in [0.2, 0.25) is 10.2 Å². The van der Waals surface area contributed by atoms with Gasteiger partial charge in [0.1, 0.15) is 5.75 Å². The molecule has 0 atom stereocenters. The lowest BCUT2D eigenvalue weighted by atomic mass is 9.95. The summed E-state index contributed by atoms with van der Waals surface area (Å²) < 4.78 is 5.26. The molecule has 1 aromatic carbocycles. The molecule has 0 saturated carbocycles. The molecule has 142 valence electrons. The Morgan fingerprint density at radius 3 is 2.63 bits per heavy atom. The molecule has 1 aliphatic rings. The molecule has 2 aromatic rings. The monoisotopic (exact) mass is 407 g/mol. The minimum absolute atomic E-state index is 0.114. The van der Waals surface area contributed by atoms with E-state index >= 15 is 0 Å². The molecule has 0 bridgehead atoms. The van der Waals surface area contributed by atoms with Gasteiger partial charge in [-0.25, -0.2) is 4.98 Å². The van der Waals surface area contributed by atoms with E-state index in [-0.39, 0.29) is 22.9 Å². The molecule has 2 amide bonds. The standard InChI is InChI=1S/C19H19Cl2N3O3/c1-27-16-5-4-13(20)11-14(16)19(26)24-9-6-12(7-10-24)18(25)23-15-3-2-8-22-17(15)21/h2-5,8,11-12H,6-7,9-10H2,1H3,(H,23,25). The molecule has 6 nitrogen and oxygen atoms in total. The fraction of sp³-hybridized carbons (Fsp3) is 0.316. The zero-order valence-electron chi connectivity index (χ0n) is 14.7. The van der Waals surface area contributed by atoms with E-state index in [1.807, 2.05) is 0 Å². The van der Waals surface area contributed by atoms with Crippen molar-refractivity contribution in [3.63, 3.8) is 0 Å². The van der Waals surface area contributed by atoms with E-state index in [9.17, 15) is 9.59 Å². The number of pyridine rings is 1. The summed E-state index contributed by atoms with van der Waals surface area (Å²) >= 11 is 12.0. The van der Waals surface area contributed by atoms with Crippen LogP contribution in [0.3, 0.4) is 0 Å². The number of aromatic nitrogens is 1. The molecular weight excluding hydrogens is 389 g/mol. The molecule has 1 fully saturated rings. The van der Waals surface area contributed by atoms with Gasteiger partial charge in [0.25, 0.3) is 5.91 Å². The van der Waals surface area contributed by atoms with Crippen LogP contribution in [0, 0.1) is 5.92 Å². The quantitative estimate of drug-likeness (QED) is 0.780. The van der Waals surface area contributed by atoms with Gasteiger partial charge in [0.05, 0.1) is 18.4 Å². The SMILES string of the molecule is COc1ccc(Cl)cc1C(=O)N1CCC(C(=O)Nc2cccnc2Cl)CC1. The van der Waals surface area contributed by atoms with Gasteiger partial charge in [-0.1, -0.05) is 23.2 Å². The van der Waals surface area contributed by atoms with E-state index < -0.39 is 0 Å². The number of carbonyl (C=O) groups is 2. The molecule has 1 aromatic heterocycles. The van der Waals surface area contributed by atoms with Crippen molar-refractivity contribution in [3.8, 4) is 5.75 Å². The predicted molar refractivity (Wildman–Crippen MR) is 105 cm³/mol. The highest BCUT2D eigenvalue weighted by atomic mass is 35.5. The number of nitrogens with one attached hydrogen (secondary N) is 1. The molecule has 1 N–H and O–H groups in total. The molecule has 2 heterocycles. The van der Waals surface area contributed by atoms with Crippen LogP contribution in [0.25, 0.3) is 0 Å². The molecular formula is C19H19Cl2N3O3. The Bertz CT molecular complexity index is 852. The molecule has 0 radical (unpaired) electrons. The lowest BCUT2D eigenvalue weighted by molar-refractivity contribution is -0.121. The number of methoxy groups -OCH3 is 1. The maximum Gasteiger partial charge on any atom is 0.257 e. The molecule has 27 heavy (non-hydrogen) atoms. The Morgan fingerprint density at radius 1 is 1.22 bits per heavy atom. The zero-order valence-corrected chi connectivity index (χ0v) is 16.3. The Hall–Kier alpha value is -2.31. The average molecular weight is 408 g/mol. The predicted octanol–water partition coefficient (Wildman–Crippen LogP) is 3.89. The normalized spacial score (nSPS) is 14.7. The highest BCUT2D eigenvalue weighted by Crippen LogP contribution is 2.27. The first kappa shape index (κ1) is 19.5. The zero-order chi connectivity index (χ0) is 19.4. The summed E-state index contributed by atoms with van der Waals surface area (Å²) in [7, 11) is 1.51. The van der Waals surface area contributed by atoms with Crippen LogP contribution in [0.5, 0.6) is 5.75 Å². The third-order valence-corrected chi connectivity index (χ3v) is 5.10. The van der Waals surface area contributed by atoms with Crippen LogP contribution >= 0.6 is 23.2 Å². The minimum atomic E-state index is -0.188. The van der Waals surface area contributed by atoms with Gasteiger partial charge < -0.3 is 15.0 Å². The Morgan fingerprint density at radius 2 is 1.96 bits per heavy atom. The Kier molecular flexibility index (Phi) is 6.19. The molecule has 3 rings (SSSR count). The number of carbonyl (C=O) groups excluding carboxylic acids is 2. The first-order valence-corrected chi connectivity index (χ1v) is 9.29. The molecule has 1 saturated heterocycles. The van der Waals surface area contributed by atoms with Gasteiger partial charge in [-0.2, -0.15) is 0 Å². The topological polar surface area (TPSA) is 71.5 Å². The summed E-state index contributed by atoms with van der Waals surface area (Å²) in [5, 5.41) is 3.54. The first-order chi connectivity index (χ1) is 13.0. The number of piperidine rings is 1. The Balaban J connectivity index is 1.62. The van der Waals surface area contributed by atoms with Crippen molar-refractivity contribution in [2.24, 2.45) is 5.92 Å². The smallest absolute Gasteiger partial charge is 0.257 e. The van der Waals surface area contributed by atoms with Gasteiger partial charge in [0, 0.05) is 30.2 Å². The summed E-state index contributed by atoms with van der Waals surface area (Å²) in [6, 6.07) is 8.37. The largest absolute Gasteiger partial charge is 0.496 e. The third-order valence-electron chi connectivity index (χ3n) is 4.56. The van der Waals surface area contributed by atoms with E-state index in [1.165, 1.54) is 7.11 Å². The maximum atomic E-state index is 12.8. The maximum absolute atomic E-state index is 12.8. The average Bonchev–Trinajstić information content (AvgIpc) is 2.69. The number of nitrogens with zero attached hydrogens (tertiary/aromatic N) is 2. The van der Waals surface area contributed by atoms with Gasteiger partial charge in [0.2, 0.25) is 5.91 Å². The lowest BCUT2D eigenvalue weighted by Gasteiger charge is -2.31. The second-order valence-electron chi connectivity index (χ2n) is 6.24. The second-order valence-corrected chi connectivity index (χ2v) is 7.04. The molecule has 8 heteroatoms. The summed E-state index contributed by atoms with van der Waals surface area (Å²) in [5.41, 5.74) is 0.918. The summed E-state index contributed by atoms with van der Waals surface area (Å²) in [6.45, 7) is 0.959. The van der Waals surface area contributed by atoms with Crippen LogP contribution in [0.15, 0.2) is 36.5 Å². The fourth-order valence-electron chi connectivity index (χ4n) is 3.08. The van der Waals surface area contributed by atoms with Crippen molar-refractivity contribution < 1.29 is 14.3 Å². The van der Waals surface area contributed by atoms with Crippen LogP contribution in [-0.4, -0.2) is 41.9 Å². The fourth-order valence-corrected chi connectivity index (χ4v) is 3.42. The number of amides is 2. The molecule has 0 unspecified atom stereocenters. The van der Waals surface area contributed by atoms with Crippen molar-refractivity contribution >= 4 is 40.7 Å². The highest BCUT2D eigenvalue weighted by Gasteiger charge is 2.29. The van der Waals surface area contributed by atoms with Gasteiger partial charge in [-0.15, -0.1) is 0 Å². The van der Waals surface area contributed by atoms with Crippen molar-refractivity contribution in [2.45, 2.75) is 12.8 Å². The van der Waals surface area contributed by atoms with E-state index in [2.05, 4.69) is 10.3 Å². The number of hydrogen-bond acceptors (Lipinski definition) is 4. The van der Waals surface area contributed by atoms with Crippen LogP contribution in [0.4, 0.5) is 5.69 Å².